The highest BCUT2D eigenvalue weighted by Crippen LogP contribution is 2.21. The number of anilines is 1. The van der Waals surface area contributed by atoms with Crippen LogP contribution in [-0.4, -0.2) is 18.6 Å². The molecule has 0 amide bonds. The van der Waals surface area contributed by atoms with Crippen molar-refractivity contribution in [1.29, 1.82) is 0 Å². The minimum absolute atomic E-state index is 0.0470. The van der Waals surface area contributed by atoms with Gasteiger partial charge in [-0.3, -0.25) is 4.98 Å². The first-order valence-electron chi connectivity index (χ1n) is 5.84. The molecule has 1 aromatic heterocycles. The van der Waals surface area contributed by atoms with Crippen LogP contribution in [0.5, 0.6) is 5.75 Å². The Morgan fingerprint density at radius 1 is 1.33 bits per heavy atom. The van der Waals surface area contributed by atoms with E-state index in [1.807, 2.05) is 42.6 Å². The number of aromatic nitrogens is 1. The van der Waals surface area contributed by atoms with Crippen LogP contribution in [0, 0.1) is 0 Å². The third-order valence-electron chi connectivity index (χ3n) is 2.73. The summed E-state index contributed by atoms with van der Waals surface area (Å²) in [5, 5.41) is 3.37. The lowest BCUT2D eigenvalue weighted by atomic mass is 10.1. The van der Waals surface area contributed by atoms with Crippen LogP contribution in [0.3, 0.4) is 0 Å². The van der Waals surface area contributed by atoms with Gasteiger partial charge in [0.25, 0.3) is 0 Å². The highest BCUT2D eigenvalue weighted by atomic mass is 16.5. The van der Waals surface area contributed by atoms with Gasteiger partial charge in [-0.25, -0.2) is 0 Å². The second-order valence-corrected chi connectivity index (χ2v) is 3.95. The summed E-state index contributed by atoms with van der Waals surface area (Å²) < 4.78 is 5.19. The van der Waals surface area contributed by atoms with Gasteiger partial charge >= 0.3 is 0 Å². The molecule has 1 heterocycles. The van der Waals surface area contributed by atoms with E-state index in [0.717, 1.165) is 17.0 Å². The summed E-state index contributed by atoms with van der Waals surface area (Å²) in [6.45, 7) is 0.503. The number of benzene rings is 1. The van der Waals surface area contributed by atoms with Gasteiger partial charge in [-0.2, -0.15) is 0 Å². The minimum Gasteiger partial charge on any atom is -0.497 e. The molecule has 2 rings (SSSR count). The predicted octanol–water partition coefficient (Wildman–Crippen LogP) is 2.20. The van der Waals surface area contributed by atoms with Gasteiger partial charge in [-0.15, -0.1) is 0 Å². The Morgan fingerprint density at radius 3 is 2.89 bits per heavy atom. The van der Waals surface area contributed by atoms with Crippen molar-refractivity contribution in [2.45, 2.75) is 6.04 Å². The second kappa shape index (κ2) is 6.02. The van der Waals surface area contributed by atoms with E-state index in [4.69, 9.17) is 10.5 Å². The average molecular weight is 243 g/mol. The Morgan fingerprint density at radius 2 is 2.22 bits per heavy atom. The third kappa shape index (κ3) is 2.99. The molecule has 4 nitrogen and oxygen atoms in total. The lowest BCUT2D eigenvalue weighted by Gasteiger charge is -2.18. The molecule has 0 aliphatic rings. The van der Waals surface area contributed by atoms with Crippen molar-refractivity contribution in [3.63, 3.8) is 0 Å². The lowest BCUT2D eigenvalue weighted by molar-refractivity contribution is 0.415. The molecule has 0 spiro atoms. The molecule has 18 heavy (non-hydrogen) atoms. The number of rotatable bonds is 5. The predicted molar refractivity (Wildman–Crippen MR) is 72.6 cm³/mol. The maximum absolute atomic E-state index is 5.80. The number of pyridine rings is 1. The molecule has 1 unspecified atom stereocenters. The van der Waals surface area contributed by atoms with Crippen molar-refractivity contribution in [1.82, 2.24) is 4.98 Å². The zero-order valence-electron chi connectivity index (χ0n) is 10.3. The minimum atomic E-state index is 0.0470. The quantitative estimate of drug-likeness (QED) is 0.845. The highest BCUT2D eigenvalue weighted by molar-refractivity contribution is 5.49. The molecule has 0 saturated heterocycles. The van der Waals surface area contributed by atoms with Gasteiger partial charge in [-0.1, -0.05) is 12.1 Å². The first-order chi connectivity index (χ1) is 8.83. The molecule has 0 radical (unpaired) electrons. The Labute approximate surface area is 107 Å². The average Bonchev–Trinajstić information content (AvgIpc) is 2.46. The van der Waals surface area contributed by atoms with Crippen LogP contribution < -0.4 is 15.8 Å². The Hall–Kier alpha value is -2.07. The number of ether oxygens (including phenoxy) is 1. The molecule has 4 heteroatoms. The molecular weight excluding hydrogens is 226 g/mol. The van der Waals surface area contributed by atoms with E-state index < -0.39 is 0 Å². The van der Waals surface area contributed by atoms with Crippen LogP contribution >= 0.6 is 0 Å². The van der Waals surface area contributed by atoms with Crippen molar-refractivity contribution in [3.05, 3.63) is 54.4 Å². The van der Waals surface area contributed by atoms with Crippen molar-refractivity contribution >= 4 is 5.69 Å². The molecule has 94 valence electrons. The fourth-order valence-electron chi connectivity index (χ4n) is 1.77. The monoisotopic (exact) mass is 243 g/mol. The Balaban J connectivity index is 2.15. The summed E-state index contributed by atoms with van der Waals surface area (Å²) in [5.41, 5.74) is 7.85. The zero-order chi connectivity index (χ0) is 12.8. The third-order valence-corrected chi connectivity index (χ3v) is 2.73. The number of nitrogens with one attached hydrogen (secondary N) is 1. The molecule has 0 aliphatic heterocycles. The topological polar surface area (TPSA) is 60.2 Å². The summed E-state index contributed by atoms with van der Waals surface area (Å²) in [6.07, 6.45) is 3.58. The smallest absolute Gasteiger partial charge is 0.120 e. The lowest BCUT2D eigenvalue weighted by Crippen LogP contribution is -2.20. The van der Waals surface area contributed by atoms with E-state index in [2.05, 4.69) is 10.3 Å². The number of hydrogen-bond donors (Lipinski definition) is 2. The number of methoxy groups -OCH3 is 1. The van der Waals surface area contributed by atoms with E-state index in [-0.39, 0.29) is 6.04 Å². The molecule has 0 aliphatic carbocycles. The Kier molecular flexibility index (Phi) is 4.15. The van der Waals surface area contributed by atoms with E-state index in [1.165, 1.54) is 0 Å². The first kappa shape index (κ1) is 12.4. The van der Waals surface area contributed by atoms with Gasteiger partial charge in [0.05, 0.1) is 13.2 Å². The molecule has 0 saturated carbocycles. The van der Waals surface area contributed by atoms with Crippen LogP contribution in [0.15, 0.2) is 48.8 Å². The normalized spacial score (nSPS) is 11.9. The highest BCUT2D eigenvalue weighted by Gasteiger charge is 2.09. The molecule has 2 aromatic rings. The summed E-state index contributed by atoms with van der Waals surface area (Å²) >= 11 is 0. The molecule has 1 atom stereocenters. The van der Waals surface area contributed by atoms with E-state index in [0.29, 0.717) is 6.54 Å². The van der Waals surface area contributed by atoms with Crippen LogP contribution in [0.2, 0.25) is 0 Å². The maximum atomic E-state index is 5.80. The van der Waals surface area contributed by atoms with E-state index in [1.54, 1.807) is 13.3 Å². The van der Waals surface area contributed by atoms with Crippen LogP contribution in [-0.2, 0) is 0 Å². The zero-order valence-corrected chi connectivity index (χ0v) is 10.3. The van der Waals surface area contributed by atoms with Crippen molar-refractivity contribution in [3.8, 4) is 5.75 Å². The van der Waals surface area contributed by atoms with Gasteiger partial charge in [-0.05, 0) is 23.8 Å². The fourth-order valence-corrected chi connectivity index (χ4v) is 1.77. The van der Waals surface area contributed by atoms with Gasteiger partial charge in [0, 0.05) is 30.7 Å². The van der Waals surface area contributed by atoms with Crippen molar-refractivity contribution < 1.29 is 4.74 Å². The van der Waals surface area contributed by atoms with Gasteiger partial charge in [0.1, 0.15) is 5.75 Å². The van der Waals surface area contributed by atoms with Gasteiger partial charge in [0.2, 0.25) is 0 Å². The standard InChI is InChI=1S/C14H17N3O/c1-18-13-6-2-5-12(8-13)17-14(9-15)11-4-3-7-16-10-11/h2-8,10,14,17H,9,15H2,1H3. The van der Waals surface area contributed by atoms with Crippen molar-refractivity contribution in [2.75, 3.05) is 19.0 Å². The van der Waals surface area contributed by atoms with Crippen LogP contribution in [0.25, 0.3) is 0 Å². The van der Waals surface area contributed by atoms with Gasteiger partial charge in [0.15, 0.2) is 0 Å². The summed E-state index contributed by atoms with van der Waals surface area (Å²) in [6, 6.07) is 11.7. The van der Waals surface area contributed by atoms with Crippen molar-refractivity contribution in [2.24, 2.45) is 5.73 Å². The van der Waals surface area contributed by atoms with Crippen LogP contribution in [0.1, 0.15) is 11.6 Å². The van der Waals surface area contributed by atoms with E-state index in [9.17, 15) is 0 Å². The summed E-state index contributed by atoms with van der Waals surface area (Å²) in [4.78, 5) is 4.11. The Bertz CT molecular complexity index is 487. The SMILES string of the molecule is COc1cccc(NC(CN)c2cccnc2)c1. The number of nitrogens with two attached hydrogens (primary N) is 1. The number of hydrogen-bond acceptors (Lipinski definition) is 4. The largest absolute Gasteiger partial charge is 0.497 e. The molecule has 1 aromatic carbocycles. The van der Waals surface area contributed by atoms with Crippen LogP contribution in [0.4, 0.5) is 5.69 Å². The molecule has 0 bridgehead atoms. The second-order valence-electron chi connectivity index (χ2n) is 3.95. The maximum Gasteiger partial charge on any atom is 0.120 e. The molecular formula is C14H17N3O. The number of nitrogens with zero attached hydrogens (tertiary/aromatic N) is 1. The summed E-state index contributed by atoms with van der Waals surface area (Å²) in [7, 11) is 1.65. The molecule has 0 fully saturated rings. The fraction of sp³-hybridized carbons (Fsp3) is 0.214. The summed E-state index contributed by atoms with van der Waals surface area (Å²) in [5.74, 6) is 0.821. The van der Waals surface area contributed by atoms with Gasteiger partial charge < -0.3 is 15.8 Å². The molecule has 3 N–H and O–H groups in total. The van der Waals surface area contributed by atoms with E-state index >= 15 is 0 Å². The first-order valence-corrected chi connectivity index (χ1v) is 5.84.